The van der Waals surface area contributed by atoms with E-state index in [1.165, 1.54) is 0 Å². The minimum absolute atomic E-state index is 0.571. The number of halogens is 8. The van der Waals surface area contributed by atoms with Crippen LogP contribution in [0, 0.1) is 0 Å². The summed E-state index contributed by atoms with van der Waals surface area (Å²) < 4.78 is 5.54. The van der Waals surface area contributed by atoms with Gasteiger partial charge in [-0.2, -0.15) is 0 Å². The molecule has 1 aromatic rings. The van der Waals surface area contributed by atoms with Crippen LogP contribution in [0.3, 0.4) is 0 Å². The van der Waals surface area contributed by atoms with E-state index in [9.17, 15) is 0 Å². The summed E-state index contributed by atoms with van der Waals surface area (Å²) in [5.74, 6) is 0.571. The van der Waals surface area contributed by atoms with Crippen molar-refractivity contribution in [2.45, 2.75) is 11.2 Å². The number of rotatable bonds is 2. The molecule has 0 fully saturated rings. The van der Waals surface area contributed by atoms with Crippen LogP contribution in [0.5, 0.6) is 5.75 Å². The van der Waals surface area contributed by atoms with E-state index >= 15 is 0 Å². The minimum atomic E-state index is -1.23. The molecule has 0 saturated carbocycles. The zero-order chi connectivity index (χ0) is 16.1. The molecule has 0 spiro atoms. The number of nitrogens with one attached hydrogen (secondary N) is 1. The number of alkyl halides is 5. The first kappa shape index (κ1) is 19.6. The van der Waals surface area contributed by atoms with E-state index in [2.05, 4.69) is 143 Å². The van der Waals surface area contributed by atoms with Crippen molar-refractivity contribution in [1.82, 2.24) is 5.43 Å². The Morgan fingerprint density at radius 3 is 2.19 bits per heavy atom. The third-order valence-corrected chi connectivity index (χ3v) is 13.6. The molecule has 1 N–H and O–H groups in total. The van der Waals surface area contributed by atoms with Crippen molar-refractivity contribution in [3.63, 3.8) is 0 Å². The van der Waals surface area contributed by atoms with Crippen LogP contribution in [0.1, 0.15) is 0 Å². The van der Waals surface area contributed by atoms with E-state index in [0.717, 1.165) is 13.4 Å². The van der Waals surface area contributed by atoms with E-state index in [4.69, 9.17) is 4.74 Å². The van der Waals surface area contributed by atoms with Gasteiger partial charge in [0.25, 0.3) is 0 Å². The van der Waals surface area contributed by atoms with Crippen molar-refractivity contribution in [2.75, 3.05) is 0 Å². The first-order chi connectivity index (χ1) is 9.52. The largest absolute Gasteiger partial charge is 0.451 e. The fourth-order valence-electron chi connectivity index (χ4n) is 1.30. The van der Waals surface area contributed by atoms with Gasteiger partial charge in [-0.25, -0.2) is 0 Å². The van der Waals surface area contributed by atoms with Crippen molar-refractivity contribution in [3.05, 3.63) is 25.6 Å². The fraction of sp³-hybridized carbons (Fsp3) is 0.333. The molecule has 4 nitrogen and oxygen atoms in total. The van der Waals surface area contributed by atoms with E-state index < -0.39 is 11.2 Å². The van der Waals surface area contributed by atoms with Crippen LogP contribution in [-0.4, -0.2) is 11.2 Å². The van der Waals surface area contributed by atoms with Gasteiger partial charge in [-0.15, -0.1) is 5.11 Å². The Kier molecular flexibility index (Phi) is 6.41. The van der Waals surface area contributed by atoms with Gasteiger partial charge in [0.2, 0.25) is 0 Å². The topological polar surface area (TPSA) is 46.0 Å². The van der Waals surface area contributed by atoms with Gasteiger partial charge < -0.3 is 4.74 Å². The average molecular weight is 808 g/mol. The molecule has 0 aromatic heterocycles. The number of benzene rings is 1. The maximum atomic E-state index is 6.03. The average Bonchev–Trinajstić information content (AvgIpc) is 2.37. The lowest BCUT2D eigenvalue weighted by molar-refractivity contribution is 0.137. The van der Waals surface area contributed by atoms with E-state index in [1.54, 1.807) is 6.07 Å². The Morgan fingerprint density at radius 1 is 0.952 bits per heavy atom. The summed E-state index contributed by atoms with van der Waals surface area (Å²) in [4.78, 5) is 0. The number of nitrogens with zero attached hydrogens (tertiary/aromatic N) is 2. The molecule has 116 valence electrons. The molecule has 0 aliphatic carbocycles. The number of hydrogen-bond donors (Lipinski definition) is 1. The Bertz CT molecular complexity index is 607. The summed E-state index contributed by atoms with van der Waals surface area (Å²) in [6, 6.07) is 3.66. The van der Waals surface area contributed by atoms with Crippen molar-refractivity contribution in [1.29, 1.82) is 0 Å². The predicted octanol–water partition coefficient (Wildman–Crippen LogP) is 7.30. The zero-order valence-corrected chi connectivity index (χ0v) is 22.2. The molecule has 21 heavy (non-hydrogen) atoms. The Hall–Kier alpha value is 2.26. The van der Waals surface area contributed by atoms with Crippen molar-refractivity contribution in [3.8, 4) is 5.75 Å². The molecule has 12 heteroatoms. The van der Waals surface area contributed by atoms with Gasteiger partial charge in [0, 0.05) is 8.95 Å². The van der Waals surface area contributed by atoms with Gasteiger partial charge in [0.05, 0.1) is 4.47 Å². The number of ether oxygens (including phenoxy) is 1. The highest BCUT2D eigenvalue weighted by Gasteiger charge is 2.64. The molecule has 1 heterocycles. The third kappa shape index (κ3) is 3.62. The molecular formula is C9H3Br8N3O. The summed E-state index contributed by atoms with van der Waals surface area (Å²) in [6.45, 7) is 0. The van der Waals surface area contributed by atoms with Gasteiger partial charge in [-0.05, 0) is 108 Å². The SMILES string of the molecule is Brc1ccc(OC2(Br)N=NNC(Br)(Br)C2(Br)Br)c(Br)c1Br. The lowest BCUT2D eigenvalue weighted by Gasteiger charge is -2.44. The third-order valence-electron chi connectivity index (χ3n) is 2.40. The highest BCUT2D eigenvalue weighted by Crippen LogP contribution is 2.59. The van der Waals surface area contributed by atoms with E-state index in [-0.39, 0.29) is 0 Å². The summed E-state index contributed by atoms with van der Waals surface area (Å²) >= 11 is 27.9. The van der Waals surface area contributed by atoms with Gasteiger partial charge in [0.1, 0.15) is 5.75 Å². The van der Waals surface area contributed by atoms with Crippen molar-refractivity contribution in [2.24, 2.45) is 10.3 Å². The Balaban J connectivity index is 2.45. The van der Waals surface area contributed by atoms with Gasteiger partial charge in [0.15, 0.2) is 6.59 Å². The molecule has 1 aliphatic heterocycles. The van der Waals surface area contributed by atoms with Crippen LogP contribution in [-0.2, 0) is 0 Å². The van der Waals surface area contributed by atoms with Crippen LogP contribution in [0.15, 0.2) is 35.9 Å². The highest BCUT2D eigenvalue weighted by atomic mass is 79.9. The van der Waals surface area contributed by atoms with Gasteiger partial charge >= 0.3 is 4.63 Å². The molecule has 0 saturated heterocycles. The maximum Gasteiger partial charge on any atom is 0.305 e. The normalized spacial score (nSPS) is 26.3. The monoisotopic (exact) mass is 800 g/mol. The summed E-state index contributed by atoms with van der Waals surface area (Å²) in [5, 5.41) is 7.96. The molecule has 0 radical (unpaired) electrons. The quantitative estimate of drug-likeness (QED) is 0.194. The van der Waals surface area contributed by atoms with Crippen molar-refractivity contribution >= 4 is 127 Å². The van der Waals surface area contributed by atoms with Crippen LogP contribution < -0.4 is 10.2 Å². The molecule has 1 aromatic carbocycles. The first-order valence-corrected chi connectivity index (χ1v) is 11.3. The highest BCUT2D eigenvalue weighted by molar-refractivity contribution is 9.31. The van der Waals surface area contributed by atoms with Crippen LogP contribution in [0.2, 0.25) is 0 Å². The molecule has 1 aliphatic rings. The van der Waals surface area contributed by atoms with Gasteiger partial charge in [-0.3, -0.25) is 5.43 Å². The zero-order valence-electron chi connectivity index (χ0n) is 9.48. The summed E-state index contributed by atoms with van der Waals surface area (Å²) in [7, 11) is 0. The molecule has 0 bridgehead atoms. The fourth-order valence-corrected chi connectivity index (χ4v) is 4.92. The predicted molar refractivity (Wildman–Crippen MR) is 111 cm³/mol. The van der Waals surface area contributed by atoms with E-state index in [0.29, 0.717) is 5.75 Å². The van der Waals surface area contributed by atoms with Crippen LogP contribution in [0.25, 0.3) is 0 Å². The maximum absolute atomic E-state index is 6.03. The minimum Gasteiger partial charge on any atom is -0.451 e. The van der Waals surface area contributed by atoms with Crippen molar-refractivity contribution < 1.29 is 4.74 Å². The molecule has 0 amide bonds. The molecule has 2 rings (SSSR count). The standard InChI is InChI=1S/C9H3Br8N3O/c10-3-1-2-4(6(12)5(3)11)21-9(17)7(13,14)8(15,16)18-20-19-9/h1-2H,(H,18,19). The lowest BCUT2D eigenvalue weighted by Crippen LogP contribution is -2.60. The van der Waals surface area contributed by atoms with Crippen LogP contribution >= 0.6 is 127 Å². The van der Waals surface area contributed by atoms with Crippen LogP contribution in [0.4, 0.5) is 0 Å². The summed E-state index contributed by atoms with van der Waals surface area (Å²) in [5.41, 5.74) is 2.78. The second-order valence-electron chi connectivity index (χ2n) is 3.80. The smallest absolute Gasteiger partial charge is 0.305 e. The Labute approximate surface area is 188 Å². The summed E-state index contributed by atoms with van der Waals surface area (Å²) in [6.07, 6.45) is 0. The van der Waals surface area contributed by atoms with Gasteiger partial charge in [-0.1, -0.05) is 37.1 Å². The Morgan fingerprint density at radius 2 is 1.57 bits per heavy atom. The second-order valence-corrected chi connectivity index (χ2v) is 14.2. The number of hydrogen-bond acceptors (Lipinski definition) is 4. The second kappa shape index (κ2) is 6.87. The molecule has 1 atom stereocenters. The lowest BCUT2D eigenvalue weighted by atomic mass is 10.3. The first-order valence-electron chi connectivity index (χ1n) is 4.98. The molecule has 1 unspecified atom stereocenters. The molecular weight excluding hydrogens is 805 g/mol. The van der Waals surface area contributed by atoms with E-state index in [1.807, 2.05) is 6.07 Å².